The van der Waals surface area contributed by atoms with E-state index < -0.39 is 11.9 Å². The molecule has 1 heterocycles. The number of halogens is 1. The molecule has 0 unspecified atom stereocenters. The molecule has 0 fully saturated rings. The lowest BCUT2D eigenvalue weighted by Gasteiger charge is -2.09. The van der Waals surface area contributed by atoms with Gasteiger partial charge in [0.2, 0.25) is 0 Å². The first-order valence-electron chi connectivity index (χ1n) is 5.28. The van der Waals surface area contributed by atoms with Crippen molar-refractivity contribution in [3.63, 3.8) is 0 Å². The lowest BCUT2D eigenvalue weighted by Crippen LogP contribution is -1.98. The lowest BCUT2D eigenvalue weighted by molar-refractivity contribution is 0.194. The fraction of sp³-hybridized carbons (Fsp3) is 0.231. The molecular formula is C13H13FO2S. The minimum absolute atomic E-state index is 0.285. The summed E-state index contributed by atoms with van der Waals surface area (Å²) in [5.74, 6) is 0.0286. The normalized spacial score (nSPS) is 12.4. The molecule has 2 nitrogen and oxygen atoms in total. The van der Waals surface area contributed by atoms with E-state index in [1.807, 2.05) is 16.8 Å². The monoisotopic (exact) mass is 252 g/mol. The molecule has 0 amide bonds. The Bertz CT molecular complexity index is 480. The Kier molecular flexibility index (Phi) is 3.76. The fourth-order valence-electron chi connectivity index (χ4n) is 1.48. The molecule has 0 bridgehead atoms. The van der Waals surface area contributed by atoms with Crippen LogP contribution in [0.5, 0.6) is 5.75 Å². The van der Waals surface area contributed by atoms with E-state index in [1.165, 1.54) is 13.0 Å². The maximum Gasteiger partial charge on any atom is 0.132 e. The number of rotatable bonds is 4. The molecule has 0 radical (unpaired) electrons. The van der Waals surface area contributed by atoms with Crippen molar-refractivity contribution in [3.05, 3.63) is 52.0 Å². The second kappa shape index (κ2) is 5.29. The SMILES string of the molecule is C[C@@H](O)c1ccc(OCc2ccsc2)cc1F. The quantitative estimate of drug-likeness (QED) is 0.902. The van der Waals surface area contributed by atoms with Crippen molar-refractivity contribution >= 4 is 11.3 Å². The van der Waals surface area contributed by atoms with Gasteiger partial charge in [0.25, 0.3) is 0 Å². The van der Waals surface area contributed by atoms with Gasteiger partial charge < -0.3 is 9.84 Å². The second-order valence-electron chi connectivity index (χ2n) is 3.78. The maximum atomic E-state index is 13.5. The summed E-state index contributed by atoms with van der Waals surface area (Å²) >= 11 is 1.60. The zero-order chi connectivity index (χ0) is 12.3. The Morgan fingerprint density at radius 2 is 2.24 bits per heavy atom. The van der Waals surface area contributed by atoms with E-state index >= 15 is 0 Å². The Morgan fingerprint density at radius 3 is 2.82 bits per heavy atom. The van der Waals surface area contributed by atoms with Gasteiger partial charge in [-0.05, 0) is 41.4 Å². The van der Waals surface area contributed by atoms with Gasteiger partial charge in [-0.15, -0.1) is 0 Å². The van der Waals surface area contributed by atoms with Crippen molar-refractivity contribution in [2.24, 2.45) is 0 Å². The third-order valence-electron chi connectivity index (χ3n) is 2.41. The van der Waals surface area contributed by atoms with E-state index in [0.717, 1.165) is 5.56 Å². The number of benzene rings is 1. The molecule has 2 rings (SSSR count). The van der Waals surface area contributed by atoms with Crippen molar-refractivity contribution in [1.82, 2.24) is 0 Å². The molecule has 0 aliphatic carbocycles. The third-order valence-corrected chi connectivity index (χ3v) is 3.14. The fourth-order valence-corrected chi connectivity index (χ4v) is 2.13. The summed E-state index contributed by atoms with van der Waals surface area (Å²) in [6.45, 7) is 1.96. The molecule has 4 heteroatoms. The number of ether oxygens (including phenoxy) is 1. The van der Waals surface area contributed by atoms with Crippen LogP contribution in [0.15, 0.2) is 35.0 Å². The summed E-state index contributed by atoms with van der Waals surface area (Å²) in [7, 11) is 0. The van der Waals surface area contributed by atoms with E-state index in [0.29, 0.717) is 12.4 Å². The number of aliphatic hydroxyl groups is 1. The second-order valence-corrected chi connectivity index (χ2v) is 4.56. The van der Waals surface area contributed by atoms with Crippen LogP contribution in [0.4, 0.5) is 4.39 Å². The first kappa shape index (κ1) is 12.1. The average molecular weight is 252 g/mol. The van der Waals surface area contributed by atoms with Gasteiger partial charge in [-0.3, -0.25) is 0 Å². The average Bonchev–Trinajstić information content (AvgIpc) is 2.78. The van der Waals surface area contributed by atoms with E-state index in [-0.39, 0.29) is 5.56 Å². The van der Waals surface area contributed by atoms with E-state index in [9.17, 15) is 9.50 Å². The molecule has 0 aliphatic heterocycles. The summed E-state index contributed by atoms with van der Waals surface area (Å²) in [5.41, 5.74) is 1.35. The predicted octanol–water partition coefficient (Wildman–Crippen LogP) is 3.52. The zero-order valence-corrected chi connectivity index (χ0v) is 10.2. The highest BCUT2D eigenvalue weighted by atomic mass is 32.1. The van der Waals surface area contributed by atoms with Gasteiger partial charge in [0.1, 0.15) is 18.2 Å². The topological polar surface area (TPSA) is 29.5 Å². The molecule has 1 N–H and O–H groups in total. The molecule has 0 spiro atoms. The molecule has 17 heavy (non-hydrogen) atoms. The molecule has 1 aromatic heterocycles. The Balaban J connectivity index is 2.05. The lowest BCUT2D eigenvalue weighted by atomic mass is 10.1. The molecule has 90 valence electrons. The van der Waals surface area contributed by atoms with Crippen LogP contribution in [0.2, 0.25) is 0 Å². The first-order chi connectivity index (χ1) is 8.16. The molecule has 1 aromatic carbocycles. The van der Waals surface area contributed by atoms with E-state index in [2.05, 4.69) is 0 Å². The van der Waals surface area contributed by atoms with E-state index in [4.69, 9.17) is 4.74 Å². The maximum absolute atomic E-state index is 13.5. The van der Waals surface area contributed by atoms with Gasteiger partial charge >= 0.3 is 0 Å². The third kappa shape index (κ3) is 3.05. The van der Waals surface area contributed by atoms with Gasteiger partial charge in [-0.25, -0.2) is 4.39 Å². The minimum atomic E-state index is -0.805. The minimum Gasteiger partial charge on any atom is -0.489 e. The largest absolute Gasteiger partial charge is 0.489 e. The van der Waals surface area contributed by atoms with Crippen LogP contribution in [0.3, 0.4) is 0 Å². The number of thiophene rings is 1. The van der Waals surface area contributed by atoms with Crippen LogP contribution >= 0.6 is 11.3 Å². The van der Waals surface area contributed by atoms with Crippen LogP contribution in [0, 0.1) is 5.82 Å². The Morgan fingerprint density at radius 1 is 1.41 bits per heavy atom. The van der Waals surface area contributed by atoms with Crippen molar-refractivity contribution in [2.45, 2.75) is 19.6 Å². The first-order valence-corrected chi connectivity index (χ1v) is 6.22. The standard InChI is InChI=1S/C13H13FO2S/c1-9(15)12-3-2-11(6-13(12)14)16-7-10-4-5-17-8-10/h2-6,8-9,15H,7H2,1H3/t9-/m1/s1. The smallest absolute Gasteiger partial charge is 0.132 e. The highest BCUT2D eigenvalue weighted by molar-refractivity contribution is 7.07. The summed E-state index contributed by atoms with van der Waals surface area (Å²) < 4.78 is 19.0. The highest BCUT2D eigenvalue weighted by Crippen LogP contribution is 2.22. The summed E-state index contributed by atoms with van der Waals surface area (Å²) in [4.78, 5) is 0. The number of aliphatic hydroxyl groups excluding tert-OH is 1. The highest BCUT2D eigenvalue weighted by Gasteiger charge is 2.09. The Hall–Kier alpha value is -1.39. The van der Waals surface area contributed by atoms with Crippen LogP contribution in [-0.2, 0) is 6.61 Å². The zero-order valence-electron chi connectivity index (χ0n) is 9.39. The van der Waals surface area contributed by atoms with Crippen molar-refractivity contribution < 1.29 is 14.2 Å². The molecular weight excluding hydrogens is 239 g/mol. The van der Waals surface area contributed by atoms with Crippen LogP contribution in [0.1, 0.15) is 24.2 Å². The van der Waals surface area contributed by atoms with Gasteiger partial charge in [-0.1, -0.05) is 0 Å². The molecule has 0 saturated heterocycles. The van der Waals surface area contributed by atoms with Crippen LogP contribution < -0.4 is 4.74 Å². The van der Waals surface area contributed by atoms with Crippen molar-refractivity contribution in [3.8, 4) is 5.75 Å². The Labute approximate surface area is 103 Å². The summed E-state index contributed by atoms with van der Waals surface area (Å²) in [5, 5.41) is 13.3. The van der Waals surface area contributed by atoms with E-state index in [1.54, 1.807) is 23.5 Å². The van der Waals surface area contributed by atoms with Gasteiger partial charge in [0, 0.05) is 11.6 Å². The van der Waals surface area contributed by atoms with Gasteiger partial charge in [0.05, 0.1) is 6.10 Å². The molecule has 0 aliphatic rings. The number of hydrogen-bond acceptors (Lipinski definition) is 3. The summed E-state index contributed by atoms with van der Waals surface area (Å²) in [6.07, 6.45) is -0.805. The summed E-state index contributed by atoms with van der Waals surface area (Å²) in [6, 6.07) is 6.47. The molecule has 0 saturated carbocycles. The van der Waals surface area contributed by atoms with Gasteiger partial charge in [0.15, 0.2) is 0 Å². The molecule has 1 atom stereocenters. The number of hydrogen-bond donors (Lipinski definition) is 1. The van der Waals surface area contributed by atoms with Crippen LogP contribution in [-0.4, -0.2) is 5.11 Å². The van der Waals surface area contributed by atoms with Crippen molar-refractivity contribution in [2.75, 3.05) is 0 Å². The molecule has 2 aromatic rings. The predicted molar refractivity (Wildman–Crippen MR) is 65.7 cm³/mol. The van der Waals surface area contributed by atoms with Crippen LogP contribution in [0.25, 0.3) is 0 Å². The van der Waals surface area contributed by atoms with Crippen molar-refractivity contribution in [1.29, 1.82) is 0 Å². The van der Waals surface area contributed by atoms with Gasteiger partial charge in [-0.2, -0.15) is 11.3 Å².